The summed E-state index contributed by atoms with van der Waals surface area (Å²) in [5.41, 5.74) is 7.90. The molecule has 1 aromatic heterocycles. The van der Waals surface area contributed by atoms with Gasteiger partial charge in [-0.15, -0.1) is 0 Å². The highest BCUT2D eigenvalue weighted by atomic mass is 16.1. The van der Waals surface area contributed by atoms with Crippen molar-refractivity contribution in [3.8, 4) is 0 Å². The van der Waals surface area contributed by atoms with E-state index in [9.17, 15) is 4.79 Å². The number of aromatic nitrogens is 1. The van der Waals surface area contributed by atoms with Crippen LogP contribution in [0.15, 0.2) is 16.9 Å². The summed E-state index contributed by atoms with van der Waals surface area (Å²) in [5, 5.41) is 0. The van der Waals surface area contributed by atoms with Gasteiger partial charge in [-0.3, -0.25) is 4.79 Å². The van der Waals surface area contributed by atoms with Crippen LogP contribution in [0.5, 0.6) is 0 Å². The summed E-state index contributed by atoms with van der Waals surface area (Å²) >= 11 is 0. The highest BCUT2D eigenvalue weighted by Crippen LogP contribution is 2.33. The predicted octanol–water partition coefficient (Wildman–Crippen LogP) is 3.28. The molecule has 1 aromatic rings. The lowest BCUT2D eigenvalue weighted by molar-refractivity contribution is 0.428. The van der Waals surface area contributed by atoms with Gasteiger partial charge in [0.25, 0.3) is 5.56 Å². The second-order valence-electron chi connectivity index (χ2n) is 6.83. The van der Waals surface area contributed by atoms with Gasteiger partial charge in [-0.05, 0) is 25.8 Å². The van der Waals surface area contributed by atoms with Crippen LogP contribution >= 0.6 is 0 Å². The van der Waals surface area contributed by atoms with Crippen molar-refractivity contribution in [2.45, 2.75) is 70.9 Å². The fraction of sp³-hybridized carbons (Fsp3) is 0.688. The Labute approximate surface area is 115 Å². The molecule has 0 amide bonds. The molecule has 0 bridgehead atoms. The molecule has 3 nitrogen and oxygen atoms in total. The first kappa shape index (κ1) is 14.3. The summed E-state index contributed by atoms with van der Waals surface area (Å²) in [6.07, 6.45) is 4.68. The molecule has 0 aliphatic heterocycles. The molecule has 19 heavy (non-hydrogen) atoms. The second kappa shape index (κ2) is 5.12. The summed E-state index contributed by atoms with van der Waals surface area (Å²) in [6.45, 7) is 8.38. The summed E-state index contributed by atoms with van der Waals surface area (Å²) < 4.78 is 2.03. The zero-order valence-corrected chi connectivity index (χ0v) is 12.6. The molecule has 2 rings (SSSR count). The molecule has 2 N–H and O–H groups in total. The average Bonchev–Trinajstić information content (AvgIpc) is 2.79. The lowest BCUT2D eigenvalue weighted by atomic mass is 9.89. The van der Waals surface area contributed by atoms with E-state index >= 15 is 0 Å². The van der Waals surface area contributed by atoms with E-state index in [0.717, 1.165) is 24.1 Å². The Morgan fingerprint density at radius 2 is 1.84 bits per heavy atom. The Morgan fingerprint density at radius 3 is 2.32 bits per heavy atom. The Bertz CT molecular complexity index is 502. The largest absolute Gasteiger partial charge is 0.324 e. The maximum absolute atomic E-state index is 12.7. The van der Waals surface area contributed by atoms with Crippen LogP contribution in [-0.4, -0.2) is 4.57 Å². The fourth-order valence-electron chi connectivity index (χ4n) is 3.05. The van der Waals surface area contributed by atoms with E-state index < -0.39 is 0 Å². The summed E-state index contributed by atoms with van der Waals surface area (Å²) in [7, 11) is 0. The highest BCUT2D eigenvalue weighted by Gasteiger charge is 2.27. The van der Waals surface area contributed by atoms with Gasteiger partial charge in [0.2, 0.25) is 0 Å². The van der Waals surface area contributed by atoms with Crippen molar-refractivity contribution in [2.75, 3.05) is 0 Å². The molecule has 1 saturated carbocycles. The van der Waals surface area contributed by atoms with E-state index in [1.807, 2.05) is 17.6 Å². The highest BCUT2D eigenvalue weighted by molar-refractivity contribution is 5.24. The van der Waals surface area contributed by atoms with E-state index in [1.165, 1.54) is 12.8 Å². The molecular formula is C16H26N2O. The molecule has 1 unspecified atom stereocenters. The number of rotatable bonds is 2. The van der Waals surface area contributed by atoms with Crippen LogP contribution in [0.3, 0.4) is 0 Å². The van der Waals surface area contributed by atoms with E-state index in [-0.39, 0.29) is 17.0 Å². The lowest BCUT2D eigenvalue weighted by Crippen LogP contribution is -2.35. The number of pyridine rings is 1. The first-order valence-electron chi connectivity index (χ1n) is 7.34. The standard InChI is InChI=1S/C16H26N2O/c1-11(17)13-9-10-14(16(2,3)4)18(15(13)19)12-7-5-6-8-12/h9-12H,5-8,17H2,1-4H3. The average molecular weight is 262 g/mol. The molecule has 0 spiro atoms. The molecule has 0 saturated heterocycles. The third-order valence-corrected chi connectivity index (χ3v) is 4.09. The van der Waals surface area contributed by atoms with Crippen molar-refractivity contribution < 1.29 is 0 Å². The molecule has 1 heterocycles. The van der Waals surface area contributed by atoms with Gasteiger partial charge in [0.05, 0.1) is 0 Å². The van der Waals surface area contributed by atoms with E-state index in [0.29, 0.717) is 6.04 Å². The minimum Gasteiger partial charge on any atom is -0.324 e. The first-order valence-corrected chi connectivity index (χ1v) is 7.34. The molecule has 0 radical (unpaired) electrons. The van der Waals surface area contributed by atoms with Gasteiger partial charge in [0.1, 0.15) is 0 Å². The van der Waals surface area contributed by atoms with Crippen LogP contribution in [0.2, 0.25) is 0 Å². The van der Waals surface area contributed by atoms with Gasteiger partial charge in [-0.25, -0.2) is 0 Å². The summed E-state index contributed by atoms with van der Waals surface area (Å²) in [6, 6.07) is 4.17. The Kier molecular flexibility index (Phi) is 3.86. The predicted molar refractivity (Wildman–Crippen MR) is 79.5 cm³/mol. The summed E-state index contributed by atoms with van der Waals surface area (Å²) in [4.78, 5) is 12.7. The molecular weight excluding hydrogens is 236 g/mol. The van der Waals surface area contributed by atoms with Crippen molar-refractivity contribution in [3.63, 3.8) is 0 Å². The number of hydrogen-bond donors (Lipinski definition) is 1. The molecule has 1 aliphatic carbocycles. The van der Waals surface area contributed by atoms with E-state index in [2.05, 4.69) is 26.8 Å². The first-order chi connectivity index (χ1) is 8.82. The SMILES string of the molecule is CC(N)c1ccc(C(C)(C)C)n(C2CCCC2)c1=O. The number of hydrogen-bond acceptors (Lipinski definition) is 2. The van der Waals surface area contributed by atoms with E-state index in [1.54, 1.807) is 0 Å². The molecule has 0 aromatic carbocycles. The fourth-order valence-corrected chi connectivity index (χ4v) is 3.05. The minimum atomic E-state index is -0.200. The Balaban J connectivity index is 2.63. The van der Waals surface area contributed by atoms with Crippen molar-refractivity contribution >= 4 is 0 Å². The number of nitrogens with zero attached hydrogens (tertiary/aromatic N) is 1. The van der Waals surface area contributed by atoms with Crippen LogP contribution in [-0.2, 0) is 5.41 Å². The van der Waals surface area contributed by atoms with Gasteiger partial charge in [-0.1, -0.05) is 39.7 Å². The topological polar surface area (TPSA) is 48.0 Å². The monoisotopic (exact) mass is 262 g/mol. The van der Waals surface area contributed by atoms with Crippen LogP contribution in [0, 0.1) is 0 Å². The van der Waals surface area contributed by atoms with Gasteiger partial charge in [-0.2, -0.15) is 0 Å². The zero-order chi connectivity index (χ0) is 14.2. The smallest absolute Gasteiger partial charge is 0.255 e. The lowest BCUT2D eigenvalue weighted by Gasteiger charge is -2.28. The molecule has 1 aliphatic rings. The zero-order valence-electron chi connectivity index (χ0n) is 12.6. The van der Waals surface area contributed by atoms with E-state index in [4.69, 9.17) is 5.73 Å². The normalized spacial score (nSPS) is 18.8. The van der Waals surface area contributed by atoms with Crippen LogP contribution in [0.4, 0.5) is 0 Å². The molecule has 3 heteroatoms. The molecule has 106 valence electrons. The molecule has 1 fully saturated rings. The third-order valence-electron chi connectivity index (χ3n) is 4.09. The quantitative estimate of drug-likeness (QED) is 0.889. The minimum absolute atomic E-state index is 0.0158. The van der Waals surface area contributed by atoms with Crippen molar-refractivity contribution in [2.24, 2.45) is 5.73 Å². The molecule has 1 atom stereocenters. The summed E-state index contributed by atoms with van der Waals surface area (Å²) in [5.74, 6) is 0. The Hall–Kier alpha value is -1.09. The Morgan fingerprint density at radius 1 is 1.26 bits per heavy atom. The van der Waals surface area contributed by atoms with Crippen molar-refractivity contribution in [1.82, 2.24) is 4.57 Å². The maximum Gasteiger partial charge on any atom is 0.255 e. The van der Waals surface area contributed by atoms with Gasteiger partial charge in [0, 0.05) is 28.8 Å². The maximum atomic E-state index is 12.7. The van der Waals surface area contributed by atoms with Crippen LogP contribution < -0.4 is 11.3 Å². The van der Waals surface area contributed by atoms with Crippen LogP contribution in [0.1, 0.15) is 76.7 Å². The van der Waals surface area contributed by atoms with Crippen molar-refractivity contribution in [1.29, 1.82) is 0 Å². The van der Waals surface area contributed by atoms with Gasteiger partial charge < -0.3 is 10.3 Å². The number of nitrogens with two attached hydrogens (primary N) is 1. The van der Waals surface area contributed by atoms with Crippen molar-refractivity contribution in [3.05, 3.63) is 33.7 Å². The van der Waals surface area contributed by atoms with Gasteiger partial charge >= 0.3 is 0 Å². The van der Waals surface area contributed by atoms with Gasteiger partial charge in [0.15, 0.2) is 0 Å². The third kappa shape index (κ3) is 2.76. The van der Waals surface area contributed by atoms with Crippen LogP contribution in [0.25, 0.3) is 0 Å². The second-order valence-corrected chi connectivity index (χ2v) is 6.83.